The van der Waals surface area contributed by atoms with E-state index in [-0.39, 0.29) is 0 Å². The summed E-state index contributed by atoms with van der Waals surface area (Å²) in [6.07, 6.45) is 6.97. The lowest BCUT2D eigenvalue weighted by Crippen LogP contribution is -2.27. The van der Waals surface area contributed by atoms with Crippen molar-refractivity contribution in [2.45, 2.75) is 25.3 Å². The standard InChI is InChI=1S/C12H13ClN4/c13-9-4-5-12(17-8-14-7-15-17)11(6-9)16-10-2-1-3-10/h4-8,10,16H,1-3H2. The van der Waals surface area contributed by atoms with Crippen molar-refractivity contribution in [2.75, 3.05) is 5.32 Å². The van der Waals surface area contributed by atoms with Crippen LogP contribution in [-0.4, -0.2) is 20.8 Å². The minimum Gasteiger partial charge on any atom is -0.381 e. The van der Waals surface area contributed by atoms with E-state index in [0.29, 0.717) is 6.04 Å². The van der Waals surface area contributed by atoms with E-state index >= 15 is 0 Å². The Bertz CT molecular complexity index is 505. The van der Waals surface area contributed by atoms with Gasteiger partial charge in [-0.1, -0.05) is 11.6 Å². The topological polar surface area (TPSA) is 42.7 Å². The Morgan fingerprint density at radius 1 is 1.35 bits per heavy atom. The van der Waals surface area contributed by atoms with Crippen LogP contribution in [0.15, 0.2) is 30.9 Å². The molecule has 1 aromatic carbocycles. The Morgan fingerprint density at radius 3 is 2.88 bits per heavy atom. The van der Waals surface area contributed by atoms with Crippen molar-refractivity contribution in [3.8, 4) is 5.69 Å². The maximum absolute atomic E-state index is 6.04. The summed E-state index contributed by atoms with van der Waals surface area (Å²) in [6, 6.07) is 6.33. The number of nitrogens with zero attached hydrogens (tertiary/aromatic N) is 3. The summed E-state index contributed by atoms with van der Waals surface area (Å²) in [6.45, 7) is 0. The van der Waals surface area contributed by atoms with E-state index in [1.54, 1.807) is 11.0 Å². The highest BCUT2D eigenvalue weighted by Gasteiger charge is 2.18. The van der Waals surface area contributed by atoms with E-state index in [1.807, 2.05) is 18.2 Å². The molecule has 1 aromatic heterocycles. The quantitative estimate of drug-likeness (QED) is 0.908. The van der Waals surface area contributed by atoms with Crippen LogP contribution in [0.4, 0.5) is 5.69 Å². The van der Waals surface area contributed by atoms with E-state index in [2.05, 4.69) is 15.4 Å². The van der Waals surface area contributed by atoms with Crippen LogP contribution in [0.3, 0.4) is 0 Å². The third kappa shape index (κ3) is 2.13. The summed E-state index contributed by atoms with van der Waals surface area (Å²) >= 11 is 6.04. The molecule has 0 unspecified atom stereocenters. The smallest absolute Gasteiger partial charge is 0.138 e. The number of anilines is 1. The van der Waals surface area contributed by atoms with Crippen molar-refractivity contribution in [1.29, 1.82) is 0 Å². The number of aromatic nitrogens is 3. The van der Waals surface area contributed by atoms with Crippen LogP contribution >= 0.6 is 11.6 Å². The predicted molar refractivity (Wildman–Crippen MR) is 67.6 cm³/mol. The summed E-state index contributed by atoms with van der Waals surface area (Å²) in [5.41, 5.74) is 2.01. The van der Waals surface area contributed by atoms with Crippen LogP contribution in [-0.2, 0) is 0 Å². The van der Waals surface area contributed by atoms with Crippen molar-refractivity contribution < 1.29 is 0 Å². The fraction of sp³-hybridized carbons (Fsp3) is 0.333. The van der Waals surface area contributed by atoms with Crippen LogP contribution in [0.2, 0.25) is 5.02 Å². The van der Waals surface area contributed by atoms with Crippen LogP contribution < -0.4 is 5.32 Å². The maximum atomic E-state index is 6.04. The van der Waals surface area contributed by atoms with Crippen molar-refractivity contribution >= 4 is 17.3 Å². The summed E-state index contributed by atoms with van der Waals surface area (Å²) in [4.78, 5) is 3.97. The molecule has 1 heterocycles. The highest BCUT2D eigenvalue weighted by molar-refractivity contribution is 6.31. The predicted octanol–water partition coefficient (Wildman–Crippen LogP) is 2.89. The molecule has 3 rings (SSSR count). The lowest BCUT2D eigenvalue weighted by molar-refractivity contribution is 0.445. The van der Waals surface area contributed by atoms with Gasteiger partial charge in [-0.15, -0.1) is 0 Å². The Labute approximate surface area is 105 Å². The number of benzene rings is 1. The van der Waals surface area contributed by atoms with E-state index < -0.39 is 0 Å². The first-order chi connectivity index (χ1) is 8.33. The van der Waals surface area contributed by atoms with Crippen LogP contribution in [0.5, 0.6) is 0 Å². The first kappa shape index (κ1) is 10.6. The van der Waals surface area contributed by atoms with Gasteiger partial charge in [-0.2, -0.15) is 5.10 Å². The molecule has 17 heavy (non-hydrogen) atoms. The first-order valence-corrected chi connectivity index (χ1v) is 6.12. The summed E-state index contributed by atoms with van der Waals surface area (Å²) in [5.74, 6) is 0. The molecule has 0 atom stereocenters. The van der Waals surface area contributed by atoms with Gasteiger partial charge in [0.2, 0.25) is 0 Å². The van der Waals surface area contributed by atoms with Crippen molar-refractivity contribution in [2.24, 2.45) is 0 Å². The van der Waals surface area contributed by atoms with Gasteiger partial charge in [0, 0.05) is 11.1 Å². The molecule has 0 spiro atoms. The largest absolute Gasteiger partial charge is 0.381 e. The molecule has 0 aliphatic heterocycles. The zero-order valence-electron chi connectivity index (χ0n) is 9.31. The fourth-order valence-electron chi connectivity index (χ4n) is 1.93. The van der Waals surface area contributed by atoms with Crippen LogP contribution in [0.25, 0.3) is 5.69 Å². The number of hydrogen-bond donors (Lipinski definition) is 1. The molecule has 0 saturated heterocycles. The third-order valence-electron chi connectivity index (χ3n) is 3.09. The molecule has 1 aliphatic rings. The van der Waals surface area contributed by atoms with Gasteiger partial charge in [-0.3, -0.25) is 0 Å². The molecule has 0 radical (unpaired) electrons. The average molecular weight is 249 g/mol. The summed E-state index contributed by atoms with van der Waals surface area (Å²) in [7, 11) is 0. The average Bonchev–Trinajstić information content (AvgIpc) is 2.77. The Balaban J connectivity index is 1.95. The molecule has 0 amide bonds. The summed E-state index contributed by atoms with van der Waals surface area (Å²) in [5, 5.41) is 8.39. The molecule has 1 aliphatic carbocycles. The van der Waals surface area contributed by atoms with Crippen LogP contribution in [0.1, 0.15) is 19.3 Å². The fourth-order valence-corrected chi connectivity index (χ4v) is 2.10. The number of rotatable bonds is 3. The van der Waals surface area contributed by atoms with Crippen molar-refractivity contribution in [3.63, 3.8) is 0 Å². The second-order valence-electron chi connectivity index (χ2n) is 4.27. The first-order valence-electron chi connectivity index (χ1n) is 5.74. The highest BCUT2D eigenvalue weighted by Crippen LogP contribution is 2.29. The third-order valence-corrected chi connectivity index (χ3v) is 3.32. The molecule has 4 nitrogen and oxygen atoms in total. The van der Waals surface area contributed by atoms with Gasteiger partial charge in [0.1, 0.15) is 12.7 Å². The highest BCUT2D eigenvalue weighted by atomic mass is 35.5. The number of hydrogen-bond acceptors (Lipinski definition) is 3. The Morgan fingerprint density at radius 2 is 2.24 bits per heavy atom. The second-order valence-corrected chi connectivity index (χ2v) is 4.71. The Hall–Kier alpha value is -1.55. The number of nitrogens with one attached hydrogen (secondary N) is 1. The second kappa shape index (κ2) is 4.37. The van der Waals surface area contributed by atoms with Gasteiger partial charge in [0.25, 0.3) is 0 Å². The van der Waals surface area contributed by atoms with Crippen molar-refractivity contribution in [3.05, 3.63) is 35.9 Å². The molecular weight excluding hydrogens is 236 g/mol. The van der Waals surface area contributed by atoms with Gasteiger partial charge in [0.15, 0.2) is 0 Å². The lowest BCUT2D eigenvalue weighted by atomic mass is 9.93. The zero-order valence-corrected chi connectivity index (χ0v) is 10.1. The molecule has 5 heteroatoms. The van der Waals surface area contributed by atoms with E-state index in [4.69, 9.17) is 11.6 Å². The minimum atomic E-state index is 0.565. The molecule has 88 valence electrons. The SMILES string of the molecule is Clc1ccc(-n2cncn2)c(NC2CCC2)c1. The normalized spacial score (nSPS) is 15.6. The van der Waals surface area contributed by atoms with E-state index in [0.717, 1.165) is 16.4 Å². The maximum Gasteiger partial charge on any atom is 0.138 e. The zero-order chi connectivity index (χ0) is 11.7. The molecule has 1 fully saturated rings. The van der Waals surface area contributed by atoms with Gasteiger partial charge in [0.05, 0.1) is 11.4 Å². The van der Waals surface area contributed by atoms with Gasteiger partial charge in [-0.05, 0) is 37.5 Å². The van der Waals surface area contributed by atoms with Gasteiger partial charge >= 0.3 is 0 Å². The van der Waals surface area contributed by atoms with Crippen LogP contribution in [0, 0.1) is 0 Å². The Kier molecular flexibility index (Phi) is 2.73. The molecule has 0 bridgehead atoms. The monoisotopic (exact) mass is 248 g/mol. The van der Waals surface area contributed by atoms with Gasteiger partial charge in [-0.25, -0.2) is 9.67 Å². The van der Waals surface area contributed by atoms with E-state index in [1.165, 1.54) is 25.6 Å². The van der Waals surface area contributed by atoms with Crippen molar-refractivity contribution in [1.82, 2.24) is 14.8 Å². The summed E-state index contributed by atoms with van der Waals surface area (Å²) < 4.78 is 1.75. The minimum absolute atomic E-state index is 0.565. The molecule has 1 saturated carbocycles. The molecular formula is C12H13ClN4. The lowest BCUT2D eigenvalue weighted by Gasteiger charge is -2.28. The molecule has 1 N–H and O–H groups in total. The van der Waals surface area contributed by atoms with Gasteiger partial charge < -0.3 is 5.32 Å². The van der Waals surface area contributed by atoms with E-state index in [9.17, 15) is 0 Å². The number of halogens is 1. The molecule has 2 aromatic rings.